The highest BCUT2D eigenvalue weighted by Gasteiger charge is 2.05. The van der Waals surface area contributed by atoms with E-state index < -0.39 is 0 Å². The zero-order valence-electron chi connectivity index (χ0n) is 9.47. The van der Waals surface area contributed by atoms with E-state index in [1.54, 1.807) is 42.5 Å². The number of aromatic hydroxyl groups is 1. The number of hydrogen-bond donors (Lipinski definition) is 1. The molecule has 2 aromatic rings. The van der Waals surface area contributed by atoms with Crippen molar-refractivity contribution in [1.29, 1.82) is 5.26 Å². The molecule has 2 aromatic carbocycles. The molecule has 0 atom stereocenters. The molecule has 88 valence electrons. The Morgan fingerprint density at radius 2 is 1.78 bits per heavy atom. The summed E-state index contributed by atoms with van der Waals surface area (Å²) in [5.41, 5.74) is 2.03. The Balaban J connectivity index is 2.44. The molecule has 0 aliphatic carbocycles. The van der Waals surface area contributed by atoms with Crippen molar-refractivity contribution < 1.29 is 5.11 Å². The van der Waals surface area contributed by atoms with Gasteiger partial charge in [-0.05, 0) is 29.8 Å². The van der Waals surface area contributed by atoms with E-state index in [1.807, 2.05) is 12.1 Å². The highest BCUT2D eigenvalue weighted by molar-refractivity contribution is 6.32. The zero-order chi connectivity index (χ0) is 13.0. The summed E-state index contributed by atoms with van der Waals surface area (Å²) in [5, 5.41) is 18.9. The van der Waals surface area contributed by atoms with Crippen LogP contribution in [0, 0.1) is 11.3 Å². The Morgan fingerprint density at radius 1 is 1.11 bits per heavy atom. The van der Waals surface area contributed by atoms with Crippen molar-refractivity contribution in [2.24, 2.45) is 0 Å². The second kappa shape index (κ2) is 5.39. The first-order valence-electron chi connectivity index (χ1n) is 5.36. The molecule has 0 aliphatic rings. The molecule has 0 amide bonds. The first-order chi connectivity index (χ1) is 8.70. The Kier molecular flexibility index (Phi) is 3.66. The molecule has 0 saturated heterocycles. The largest absolute Gasteiger partial charge is 0.508 e. The fourth-order valence-electron chi connectivity index (χ4n) is 1.59. The van der Waals surface area contributed by atoms with E-state index in [0.29, 0.717) is 16.2 Å². The molecule has 0 fully saturated rings. The molecule has 3 heteroatoms. The number of allylic oxidation sites excluding steroid dienone is 1. The van der Waals surface area contributed by atoms with Crippen LogP contribution in [0.25, 0.3) is 11.6 Å². The Morgan fingerprint density at radius 3 is 2.39 bits per heavy atom. The Bertz CT molecular complexity index is 624. The fourth-order valence-corrected chi connectivity index (χ4v) is 1.82. The second-order valence-electron chi connectivity index (χ2n) is 3.74. The number of benzene rings is 2. The van der Waals surface area contributed by atoms with Crippen LogP contribution in [0.5, 0.6) is 5.75 Å². The summed E-state index contributed by atoms with van der Waals surface area (Å²) in [5.74, 6) is 0.198. The second-order valence-corrected chi connectivity index (χ2v) is 4.15. The maximum Gasteiger partial charge on any atom is 0.115 e. The molecule has 0 unspecified atom stereocenters. The van der Waals surface area contributed by atoms with Crippen molar-refractivity contribution >= 4 is 23.3 Å². The zero-order valence-corrected chi connectivity index (χ0v) is 10.2. The number of nitriles is 1. The summed E-state index contributed by atoms with van der Waals surface area (Å²) in [7, 11) is 0. The molecular weight excluding hydrogens is 246 g/mol. The van der Waals surface area contributed by atoms with E-state index in [1.165, 1.54) is 0 Å². The van der Waals surface area contributed by atoms with Crippen molar-refractivity contribution in [3.63, 3.8) is 0 Å². The topological polar surface area (TPSA) is 44.0 Å². The van der Waals surface area contributed by atoms with Crippen molar-refractivity contribution in [1.82, 2.24) is 0 Å². The van der Waals surface area contributed by atoms with Crippen LogP contribution >= 0.6 is 11.6 Å². The number of phenolic OH excluding ortho intramolecular Hbond substituents is 1. The minimum atomic E-state index is 0.198. The van der Waals surface area contributed by atoms with E-state index in [-0.39, 0.29) is 5.75 Å². The third kappa shape index (κ3) is 2.71. The summed E-state index contributed by atoms with van der Waals surface area (Å²) in [4.78, 5) is 0. The van der Waals surface area contributed by atoms with Crippen LogP contribution in [0.15, 0.2) is 48.5 Å². The standard InChI is InChI=1S/C15H10ClNO/c16-15-4-2-1-3-14(15)12(10-17)9-11-5-7-13(18)8-6-11/h1-9,18H. The quantitative estimate of drug-likeness (QED) is 0.648. The van der Waals surface area contributed by atoms with Crippen LogP contribution in [0.2, 0.25) is 5.02 Å². The average Bonchev–Trinajstić information content (AvgIpc) is 2.39. The minimum absolute atomic E-state index is 0.198. The van der Waals surface area contributed by atoms with Crippen molar-refractivity contribution in [2.45, 2.75) is 0 Å². The van der Waals surface area contributed by atoms with Gasteiger partial charge in [0.15, 0.2) is 0 Å². The maximum atomic E-state index is 9.20. The van der Waals surface area contributed by atoms with Gasteiger partial charge in [0.2, 0.25) is 0 Å². The minimum Gasteiger partial charge on any atom is -0.508 e. The van der Waals surface area contributed by atoms with Crippen LogP contribution in [0.4, 0.5) is 0 Å². The lowest BCUT2D eigenvalue weighted by atomic mass is 10.0. The number of rotatable bonds is 2. The van der Waals surface area contributed by atoms with Crippen molar-refractivity contribution in [3.05, 3.63) is 64.7 Å². The number of hydrogen-bond acceptors (Lipinski definition) is 2. The monoisotopic (exact) mass is 255 g/mol. The Labute approximate surface area is 110 Å². The van der Waals surface area contributed by atoms with Crippen LogP contribution < -0.4 is 0 Å². The van der Waals surface area contributed by atoms with Gasteiger partial charge < -0.3 is 5.11 Å². The molecular formula is C15H10ClNO. The van der Waals surface area contributed by atoms with Gasteiger partial charge in [-0.3, -0.25) is 0 Å². The molecule has 0 radical (unpaired) electrons. The maximum absolute atomic E-state index is 9.20. The lowest BCUT2D eigenvalue weighted by molar-refractivity contribution is 0.475. The number of halogens is 1. The average molecular weight is 256 g/mol. The van der Waals surface area contributed by atoms with E-state index >= 15 is 0 Å². The van der Waals surface area contributed by atoms with Gasteiger partial charge in [-0.15, -0.1) is 0 Å². The van der Waals surface area contributed by atoms with Gasteiger partial charge in [-0.1, -0.05) is 41.9 Å². The van der Waals surface area contributed by atoms with Gasteiger partial charge in [0.25, 0.3) is 0 Å². The van der Waals surface area contributed by atoms with Crippen LogP contribution in [-0.4, -0.2) is 5.11 Å². The molecule has 0 aliphatic heterocycles. The molecule has 0 heterocycles. The van der Waals surface area contributed by atoms with Crippen LogP contribution in [-0.2, 0) is 0 Å². The normalized spacial score (nSPS) is 11.0. The van der Waals surface area contributed by atoms with Gasteiger partial charge in [0.1, 0.15) is 5.75 Å². The summed E-state index contributed by atoms with van der Waals surface area (Å²) in [6, 6.07) is 16.0. The summed E-state index contributed by atoms with van der Waals surface area (Å²) in [6.45, 7) is 0. The first kappa shape index (κ1) is 12.2. The lowest BCUT2D eigenvalue weighted by Crippen LogP contribution is -1.83. The van der Waals surface area contributed by atoms with E-state index in [0.717, 1.165) is 5.56 Å². The van der Waals surface area contributed by atoms with Gasteiger partial charge in [0.05, 0.1) is 11.6 Å². The van der Waals surface area contributed by atoms with Gasteiger partial charge in [-0.2, -0.15) is 5.26 Å². The third-order valence-electron chi connectivity index (χ3n) is 2.49. The number of nitrogens with zero attached hydrogens (tertiary/aromatic N) is 1. The van der Waals surface area contributed by atoms with Crippen molar-refractivity contribution in [2.75, 3.05) is 0 Å². The summed E-state index contributed by atoms with van der Waals surface area (Å²) >= 11 is 6.06. The van der Waals surface area contributed by atoms with E-state index in [9.17, 15) is 10.4 Å². The predicted octanol–water partition coefficient (Wildman–Crippen LogP) is 4.11. The highest BCUT2D eigenvalue weighted by Crippen LogP contribution is 2.25. The lowest BCUT2D eigenvalue weighted by Gasteiger charge is -2.02. The first-order valence-corrected chi connectivity index (χ1v) is 5.74. The molecule has 0 aromatic heterocycles. The van der Waals surface area contributed by atoms with Gasteiger partial charge in [0, 0.05) is 10.6 Å². The molecule has 0 spiro atoms. The van der Waals surface area contributed by atoms with Crippen molar-refractivity contribution in [3.8, 4) is 11.8 Å². The SMILES string of the molecule is N#CC(=Cc1ccc(O)cc1)c1ccccc1Cl. The molecule has 18 heavy (non-hydrogen) atoms. The smallest absolute Gasteiger partial charge is 0.115 e. The highest BCUT2D eigenvalue weighted by atomic mass is 35.5. The van der Waals surface area contributed by atoms with E-state index in [4.69, 9.17) is 11.6 Å². The van der Waals surface area contributed by atoms with Gasteiger partial charge >= 0.3 is 0 Å². The summed E-state index contributed by atoms with van der Waals surface area (Å²) in [6.07, 6.45) is 1.74. The number of phenols is 1. The third-order valence-corrected chi connectivity index (χ3v) is 2.82. The Hall–Kier alpha value is -2.24. The molecule has 2 rings (SSSR count). The van der Waals surface area contributed by atoms with Crippen LogP contribution in [0.3, 0.4) is 0 Å². The molecule has 0 bridgehead atoms. The van der Waals surface area contributed by atoms with Crippen LogP contribution in [0.1, 0.15) is 11.1 Å². The summed E-state index contributed by atoms with van der Waals surface area (Å²) < 4.78 is 0. The fraction of sp³-hybridized carbons (Fsp3) is 0. The van der Waals surface area contributed by atoms with E-state index in [2.05, 4.69) is 6.07 Å². The molecule has 2 nitrogen and oxygen atoms in total. The van der Waals surface area contributed by atoms with Gasteiger partial charge in [-0.25, -0.2) is 0 Å². The molecule has 0 saturated carbocycles. The predicted molar refractivity (Wildman–Crippen MR) is 73.0 cm³/mol. The molecule has 1 N–H and O–H groups in total.